The summed E-state index contributed by atoms with van der Waals surface area (Å²) in [6, 6.07) is 18.6. The van der Waals surface area contributed by atoms with Crippen molar-refractivity contribution >= 4 is 16.9 Å². The van der Waals surface area contributed by atoms with Crippen molar-refractivity contribution in [2.45, 2.75) is 19.8 Å². The van der Waals surface area contributed by atoms with Gasteiger partial charge >= 0.3 is 0 Å². The molecule has 2 aromatic carbocycles. The summed E-state index contributed by atoms with van der Waals surface area (Å²) in [5.41, 5.74) is 4.33. The molecule has 5 heteroatoms. The maximum atomic E-state index is 5.33. The van der Waals surface area contributed by atoms with Crippen molar-refractivity contribution in [2.75, 3.05) is 25.1 Å². The Morgan fingerprint density at radius 3 is 2.53 bits per heavy atom. The van der Waals surface area contributed by atoms with Gasteiger partial charge in [0.05, 0.1) is 12.5 Å². The fraction of sp³-hybridized carbons (Fsp3) is 0.280. The van der Waals surface area contributed by atoms with Crippen LogP contribution >= 0.6 is 0 Å². The molecule has 1 atom stereocenters. The van der Waals surface area contributed by atoms with Crippen molar-refractivity contribution in [3.05, 3.63) is 67.1 Å². The van der Waals surface area contributed by atoms with Crippen molar-refractivity contribution in [3.8, 4) is 22.6 Å². The van der Waals surface area contributed by atoms with Crippen LogP contribution in [0.3, 0.4) is 0 Å². The summed E-state index contributed by atoms with van der Waals surface area (Å²) < 4.78 is 7.50. The zero-order valence-electron chi connectivity index (χ0n) is 17.5. The van der Waals surface area contributed by atoms with Gasteiger partial charge in [-0.15, -0.1) is 0 Å². The van der Waals surface area contributed by atoms with Gasteiger partial charge in [0.25, 0.3) is 0 Å². The van der Waals surface area contributed by atoms with Gasteiger partial charge in [-0.05, 0) is 48.6 Å². The third-order valence-electron chi connectivity index (χ3n) is 5.95. The minimum Gasteiger partial charge on any atom is -0.497 e. The maximum absolute atomic E-state index is 5.33. The topological polar surface area (TPSA) is 43.2 Å². The van der Waals surface area contributed by atoms with Crippen LogP contribution in [-0.2, 0) is 0 Å². The van der Waals surface area contributed by atoms with E-state index in [0.717, 1.165) is 46.9 Å². The highest BCUT2D eigenvalue weighted by atomic mass is 16.5. The van der Waals surface area contributed by atoms with E-state index in [9.17, 15) is 0 Å². The Balaban J connectivity index is 1.73. The van der Waals surface area contributed by atoms with Crippen LogP contribution in [0.1, 0.15) is 19.8 Å². The predicted molar refractivity (Wildman–Crippen MR) is 121 cm³/mol. The van der Waals surface area contributed by atoms with Crippen molar-refractivity contribution in [2.24, 2.45) is 5.92 Å². The summed E-state index contributed by atoms with van der Waals surface area (Å²) >= 11 is 0. The first kappa shape index (κ1) is 18.7. The number of piperidine rings is 1. The normalized spacial score (nSPS) is 16.7. The van der Waals surface area contributed by atoms with Gasteiger partial charge < -0.3 is 14.2 Å². The quantitative estimate of drug-likeness (QED) is 0.466. The largest absolute Gasteiger partial charge is 0.497 e. The second-order valence-electron chi connectivity index (χ2n) is 8.07. The molecular weight excluding hydrogens is 372 g/mol. The Morgan fingerprint density at radius 1 is 1.00 bits per heavy atom. The Bertz CT molecular complexity index is 1150. The molecule has 2 aromatic heterocycles. The fourth-order valence-corrected chi connectivity index (χ4v) is 4.44. The van der Waals surface area contributed by atoms with Crippen LogP contribution in [0.25, 0.3) is 27.8 Å². The number of anilines is 1. The zero-order chi connectivity index (χ0) is 20.5. The van der Waals surface area contributed by atoms with Crippen LogP contribution in [0.2, 0.25) is 0 Å². The molecule has 0 spiro atoms. The number of rotatable bonds is 4. The number of methoxy groups -OCH3 is 1. The lowest BCUT2D eigenvalue weighted by molar-refractivity contribution is 0.415. The monoisotopic (exact) mass is 398 g/mol. The molecule has 0 amide bonds. The summed E-state index contributed by atoms with van der Waals surface area (Å²) in [6.07, 6.45) is 6.37. The van der Waals surface area contributed by atoms with E-state index in [2.05, 4.69) is 65.1 Å². The van der Waals surface area contributed by atoms with Gasteiger partial charge in [-0.1, -0.05) is 37.3 Å². The van der Waals surface area contributed by atoms with Crippen LogP contribution in [0.15, 0.2) is 67.1 Å². The van der Waals surface area contributed by atoms with Crippen molar-refractivity contribution in [1.29, 1.82) is 0 Å². The van der Waals surface area contributed by atoms with Crippen molar-refractivity contribution in [1.82, 2.24) is 14.5 Å². The molecule has 152 valence electrons. The molecule has 0 N–H and O–H groups in total. The highest BCUT2D eigenvalue weighted by Crippen LogP contribution is 2.38. The lowest BCUT2D eigenvalue weighted by Gasteiger charge is -2.32. The molecule has 1 fully saturated rings. The molecule has 30 heavy (non-hydrogen) atoms. The lowest BCUT2D eigenvalue weighted by Crippen LogP contribution is -2.35. The van der Waals surface area contributed by atoms with E-state index in [1.165, 1.54) is 18.4 Å². The van der Waals surface area contributed by atoms with Crippen LogP contribution in [0.4, 0.5) is 5.82 Å². The van der Waals surface area contributed by atoms with Crippen LogP contribution in [0.5, 0.6) is 5.75 Å². The first-order chi connectivity index (χ1) is 14.7. The van der Waals surface area contributed by atoms with E-state index < -0.39 is 0 Å². The molecule has 1 aliphatic rings. The molecule has 5 rings (SSSR count). The van der Waals surface area contributed by atoms with Crippen molar-refractivity contribution in [3.63, 3.8) is 0 Å². The molecule has 5 nitrogen and oxygen atoms in total. The highest BCUT2D eigenvalue weighted by Gasteiger charge is 2.24. The SMILES string of the molecule is COc1ccc(-n2cc(-c3ccccc3)c3c(N4CCC[C@@H](C)C4)ncnc32)cc1. The summed E-state index contributed by atoms with van der Waals surface area (Å²) in [5.74, 6) is 2.56. The van der Waals surface area contributed by atoms with E-state index in [1.807, 2.05) is 12.1 Å². The average Bonchev–Trinajstić information content (AvgIpc) is 3.19. The number of benzene rings is 2. The zero-order valence-corrected chi connectivity index (χ0v) is 17.5. The molecule has 3 heterocycles. The van der Waals surface area contributed by atoms with Gasteiger partial charge in [-0.3, -0.25) is 0 Å². The van der Waals surface area contributed by atoms with Crippen LogP contribution in [-0.4, -0.2) is 34.7 Å². The molecular formula is C25H26N4O. The van der Waals surface area contributed by atoms with E-state index in [1.54, 1.807) is 13.4 Å². The van der Waals surface area contributed by atoms with Gasteiger partial charge in [-0.2, -0.15) is 0 Å². The molecule has 0 aliphatic carbocycles. The van der Waals surface area contributed by atoms with Crippen molar-refractivity contribution < 1.29 is 4.74 Å². The Labute approximate surface area is 177 Å². The summed E-state index contributed by atoms with van der Waals surface area (Å²) in [4.78, 5) is 11.9. The molecule has 1 saturated heterocycles. The van der Waals surface area contributed by atoms with Gasteiger partial charge in [0, 0.05) is 30.5 Å². The number of hydrogen-bond donors (Lipinski definition) is 0. The molecule has 4 aromatic rings. The number of aromatic nitrogens is 3. The molecule has 1 aliphatic heterocycles. The summed E-state index contributed by atoms with van der Waals surface area (Å²) in [5, 5.41) is 1.12. The summed E-state index contributed by atoms with van der Waals surface area (Å²) in [6.45, 7) is 4.40. The predicted octanol–water partition coefficient (Wildman–Crippen LogP) is 5.33. The Hall–Kier alpha value is -3.34. The molecule has 0 saturated carbocycles. The number of fused-ring (bicyclic) bond motifs is 1. The first-order valence-electron chi connectivity index (χ1n) is 10.6. The Kier molecular flexibility index (Phi) is 4.87. The Morgan fingerprint density at radius 2 is 1.80 bits per heavy atom. The highest BCUT2D eigenvalue weighted by molar-refractivity contribution is 6.02. The average molecular weight is 399 g/mol. The lowest BCUT2D eigenvalue weighted by atomic mass is 9.99. The minimum atomic E-state index is 0.674. The van der Waals surface area contributed by atoms with Crippen LogP contribution in [0, 0.1) is 5.92 Å². The first-order valence-corrected chi connectivity index (χ1v) is 10.6. The number of ether oxygens (including phenoxy) is 1. The third-order valence-corrected chi connectivity index (χ3v) is 5.95. The van der Waals surface area contributed by atoms with Gasteiger partial charge in [0.2, 0.25) is 0 Å². The van der Waals surface area contributed by atoms with E-state index in [0.29, 0.717) is 5.92 Å². The fourth-order valence-electron chi connectivity index (χ4n) is 4.44. The van der Waals surface area contributed by atoms with E-state index >= 15 is 0 Å². The summed E-state index contributed by atoms with van der Waals surface area (Å²) in [7, 11) is 1.69. The van der Waals surface area contributed by atoms with Gasteiger partial charge in [0.1, 0.15) is 17.9 Å². The maximum Gasteiger partial charge on any atom is 0.150 e. The number of hydrogen-bond acceptors (Lipinski definition) is 4. The number of nitrogens with zero attached hydrogens (tertiary/aromatic N) is 4. The second-order valence-corrected chi connectivity index (χ2v) is 8.07. The van der Waals surface area contributed by atoms with Gasteiger partial charge in [0.15, 0.2) is 5.65 Å². The molecule has 0 radical (unpaired) electrons. The van der Waals surface area contributed by atoms with E-state index in [-0.39, 0.29) is 0 Å². The molecule has 0 unspecified atom stereocenters. The van der Waals surface area contributed by atoms with E-state index in [4.69, 9.17) is 14.7 Å². The minimum absolute atomic E-state index is 0.674. The van der Waals surface area contributed by atoms with Gasteiger partial charge in [-0.25, -0.2) is 9.97 Å². The molecule has 0 bridgehead atoms. The van der Waals surface area contributed by atoms with Crippen LogP contribution < -0.4 is 9.64 Å². The standard InChI is InChI=1S/C25H26N4O/c1-18-7-6-14-28(15-18)24-23-22(19-8-4-3-5-9-19)16-29(25(23)27-17-26-24)20-10-12-21(30-2)13-11-20/h3-5,8-13,16-18H,6-7,14-15H2,1-2H3/t18-/m1/s1. The smallest absolute Gasteiger partial charge is 0.150 e. The third kappa shape index (κ3) is 3.30. The second kappa shape index (κ2) is 7.82.